The molecule has 0 aliphatic heterocycles. The molecule has 96 valence electrons. The van der Waals surface area contributed by atoms with Crippen LogP contribution in [0.5, 0.6) is 0 Å². The van der Waals surface area contributed by atoms with Crippen molar-refractivity contribution in [1.29, 1.82) is 0 Å². The van der Waals surface area contributed by atoms with E-state index >= 15 is 0 Å². The minimum Gasteiger partial charge on any atom is -0.394 e. The number of rotatable bonds is 3. The molecule has 0 aliphatic rings. The summed E-state index contributed by atoms with van der Waals surface area (Å²) in [6, 6.07) is 8.07. The quantitative estimate of drug-likeness (QED) is 0.900. The van der Waals surface area contributed by atoms with Crippen LogP contribution in [0.2, 0.25) is 0 Å². The Morgan fingerprint density at radius 1 is 1.17 bits per heavy atom. The summed E-state index contributed by atoms with van der Waals surface area (Å²) in [6.07, 6.45) is 0. The predicted octanol–water partition coefficient (Wildman–Crippen LogP) is 2.15. The molecule has 1 aromatic carbocycles. The molecule has 0 spiro atoms. The lowest BCUT2D eigenvalue weighted by molar-refractivity contribution is 0.215. The molecule has 1 heterocycles. The lowest BCUT2D eigenvalue weighted by Gasteiger charge is -2.35. The van der Waals surface area contributed by atoms with E-state index in [-0.39, 0.29) is 12.1 Å². The van der Waals surface area contributed by atoms with E-state index in [0.29, 0.717) is 0 Å². The number of aliphatic hydroxyl groups is 1. The Labute approximate surface area is 107 Å². The number of likely N-dealkylation sites (N-methyl/N-ethyl adjacent to an activating group) is 1. The van der Waals surface area contributed by atoms with Crippen LogP contribution in [0.1, 0.15) is 19.5 Å². The van der Waals surface area contributed by atoms with E-state index in [0.717, 1.165) is 22.3 Å². The van der Waals surface area contributed by atoms with Gasteiger partial charge in [0.15, 0.2) is 5.82 Å². The van der Waals surface area contributed by atoms with Gasteiger partial charge in [0.1, 0.15) is 0 Å². The topological polar surface area (TPSA) is 49.2 Å². The highest BCUT2D eigenvalue weighted by Gasteiger charge is 2.25. The molecule has 1 aromatic heterocycles. The van der Waals surface area contributed by atoms with Gasteiger partial charge in [0.2, 0.25) is 0 Å². The van der Waals surface area contributed by atoms with Gasteiger partial charge in [-0.15, -0.1) is 5.10 Å². The lowest BCUT2D eigenvalue weighted by atomic mass is 10.0. The van der Waals surface area contributed by atoms with Gasteiger partial charge in [0.05, 0.1) is 17.8 Å². The summed E-state index contributed by atoms with van der Waals surface area (Å²) < 4.78 is 0. The molecule has 0 fully saturated rings. The molecule has 0 aliphatic carbocycles. The van der Waals surface area contributed by atoms with Gasteiger partial charge in [-0.1, -0.05) is 24.3 Å². The molecule has 2 aromatic rings. The molecule has 0 unspecified atom stereocenters. The zero-order valence-corrected chi connectivity index (χ0v) is 11.3. The zero-order chi connectivity index (χ0) is 13.3. The first-order chi connectivity index (χ1) is 8.47. The van der Waals surface area contributed by atoms with Gasteiger partial charge < -0.3 is 10.0 Å². The van der Waals surface area contributed by atoms with Crippen LogP contribution in [0.4, 0.5) is 5.82 Å². The molecule has 0 saturated heterocycles. The number of hydrogen-bond acceptors (Lipinski definition) is 4. The number of fused-ring (bicyclic) bond motifs is 1. The second kappa shape index (κ2) is 4.53. The summed E-state index contributed by atoms with van der Waals surface area (Å²) in [4.78, 5) is 1.97. The number of nitrogens with zero attached hydrogens (tertiary/aromatic N) is 3. The van der Waals surface area contributed by atoms with E-state index in [1.807, 2.05) is 57.0 Å². The SMILES string of the molecule is Cc1nnc(N(C)C(C)(C)CO)c2ccccc12. The Bertz CT molecular complexity index is 566. The van der Waals surface area contributed by atoms with Gasteiger partial charge in [0, 0.05) is 17.8 Å². The third-order valence-corrected chi connectivity index (χ3v) is 3.47. The average molecular weight is 245 g/mol. The van der Waals surface area contributed by atoms with Crippen molar-refractivity contribution in [3.63, 3.8) is 0 Å². The Hall–Kier alpha value is -1.68. The Morgan fingerprint density at radius 2 is 1.78 bits per heavy atom. The highest BCUT2D eigenvalue weighted by Crippen LogP contribution is 2.28. The van der Waals surface area contributed by atoms with Crippen molar-refractivity contribution >= 4 is 16.6 Å². The lowest BCUT2D eigenvalue weighted by Crippen LogP contribution is -2.45. The number of aryl methyl sites for hydroxylation is 1. The van der Waals surface area contributed by atoms with Crippen LogP contribution in [0.15, 0.2) is 24.3 Å². The molecule has 0 saturated carbocycles. The van der Waals surface area contributed by atoms with Crippen LogP contribution in [-0.4, -0.2) is 34.5 Å². The van der Waals surface area contributed by atoms with Crippen molar-refractivity contribution in [2.45, 2.75) is 26.3 Å². The van der Waals surface area contributed by atoms with Gasteiger partial charge >= 0.3 is 0 Å². The summed E-state index contributed by atoms with van der Waals surface area (Å²) >= 11 is 0. The highest BCUT2D eigenvalue weighted by atomic mass is 16.3. The minimum absolute atomic E-state index is 0.0629. The third kappa shape index (κ3) is 2.04. The van der Waals surface area contributed by atoms with Crippen LogP contribution < -0.4 is 4.90 Å². The fraction of sp³-hybridized carbons (Fsp3) is 0.429. The van der Waals surface area contributed by atoms with Crippen LogP contribution in [0.3, 0.4) is 0 Å². The van der Waals surface area contributed by atoms with Crippen molar-refractivity contribution in [3.05, 3.63) is 30.0 Å². The fourth-order valence-electron chi connectivity index (χ4n) is 1.86. The fourth-order valence-corrected chi connectivity index (χ4v) is 1.86. The Kier molecular flexibility index (Phi) is 3.22. The van der Waals surface area contributed by atoms with E-state index < -0.39 is 0 Å². The van der Waals surface area contributed by atoms with Crippen molar-refractivity contribution in [2.24, 2.45) is 0 Å². The predicted molar refractivity (Wildman–Crippen MR) is 73.8 cm³/mol. The zero-order valence-electron chi connectivity index (χ0n) is 11.3. The summed E-state index contributed by atoms with van der Waals surface area (Å²) in [5.74, 6) is 0.801. The van der Waals surface area contributed by atoms with Crippen LogP contribution >= 0.6 is 0 Å². The molecule has 1 N–H and O–H groups in total. The number of anilines is 1. The number of hydrogen-bond donors (Lipinski definition) is 1. The molecule has 0 amide bonds. The van der Waals surface area contributed by atoms with E-state index in [1.165, 1.54) is 0 Å². The molecule has 0 bridgehead atoms. The van der Waals surface area contributed by atoms with Crippen molar-refractivity contribution in [3.8, 4) is 0 Å². The first-order valence-corrected chi connectivity index (χ1v) is 6.04. The molecule has 4 heteroatoms. The normalized spacial score (nSPS) is 11.8. The summed E-state index contributed by atoms with van der Waals surface area (Å²) in [7, 11) is 1.93. The monoisotopic (exact) mass is 245 g/mol. The maximum atomic E-state index is 9.46. The van der Waals surface area contributed by atoms with Crippen LogP contribution in [0, 0.1) is 6.92 Å². The van der Waals surface area contributed by atoms with Gasteiger partial charge in [0.25, 0.3) is 0 Å². The van der Waals surface area contributed by atoms with E-state index in [4.69, 9.17) is 0 Å². The second-order valence-electron chi connectivity index (χ2n) is 5.18. The molecule has 2 rings (SSSR count). The molecule has 18 heavy (non-hydrogen) atoms. The van der Waals surface area contributed by atoms with E-state index in [2.05, 4.69) is 10.2 Å². The maximum absolute atomic E-state index is 9.46. The van der Waals surface area contributed by atoms with Gasteiger partial charge in [-0.25, -0.2) is 0 Å². The average Bonchev–Trinajstić information content (AvgIpc) is 2.39. The number of aromatic nitrogens is 2. The summed E-state index contributed by atoms with van der Waals surface area (Å²) in [5, 5.41) is 20.1. The second-order valence-corrected chi connectivity index (χ2v) is 5.18. The molecular weight excluding hydrogens is 226 g/mol. The van der Waals surface area contributed by atoms with E-state index in [1.54, 1.807) is 0 Å². The van der Waals surface area contributed by atoms with Gasteiger partial charge in [-0.3, -0.25) is 0 Å². The summed E-state index contributed by atoms with van der Waals surface area (Å²) in [6.45, 7) is 5.97. The molecule has 4 nitrogen and oxygen atoms in total. The van der Waals surface area contributed by atoms with Crippen molar-refractivity contribution in [1.82, 2.24) is 10.2 Å². The maximum Gasteiger partial charge on any atom is 0.159 e. The number of aliphatic hydroxyl groups excluding tert-OH is 1. The van der Waals surface area contributed by atoms with Gasteiger partial charge in [-0.05, 0) is 20.8 Å². The van der Waals surface area contributed by atoms with E-state index in [9.17, 15) is 5.11 Å². The summed E-state index contributed by atoms with van der Waals surface area (Å²) in [5.41, 5.74) is 0.553. The third-order valence-electron chi connectivity index (χ3n) is 3.47. The number of benzene rings is 1. The van der Waals surface area contributed by atoms with Crippen LogP contribution in [-0.2, 0) is 0 Å². The highest BCUT2D eigenvalue weighted by molar-refractivity contribution is 5.93. The Balaban J connectivity index is 2.62. The standard InChI is InChI=1S/C14H19N3O/c1-10-11-7-5-6-8-12(11)13(16-15-10)17(4)14(2,3)9-18/h5-8,18H,9H2,1-4H3. The van der Waals surface area contributed by atoms with Gasteiger partial charge in [-0.2, -0.15) is 5.10 Å². The van der Waals surface area contributed by atoms with Crippen molar-refractivity contribution < 1.29 is 5.11 Å². The smallest absolute Gasteiger partial charge is 0.159 e. The van der Waals surface area contributed by atoms with Crippen molar-refractivity contribution in [2.75, 3.05) is 18.6 Å². The largest absolute Gasteiger partial charge is 0.394 e. The minimum atomic E-state index is -0.368. The molecule has 0 radical (unpaired) electrons. The molecular formula is C14H19N3O. The first-order valence-electron chi connectivity index (χ1n) is 6.04. The Morgan fingerprint density at radius 3 is 2.39 bits per heavy atom. The first kappa shape index (κ1) is 12.8. The van der Waals surface area contributed by atoms with Crippen LogP contribution in [0.25, 0.3) is 10.8 Å². The molecule has 0 atom stereocenters.